The minimum Gasteiger partial charge on any atom is -0.325 e. The number of hydrogen-bond donors (Lipinski definition) is 2. The van der Waals surface area contributed by atoms with Gasteiger partial charge in [0.15, 0.2) is 11.6 Å². The largest absolute Gasteiger partial charge is 0.325 e. The number of halogens is 4. The summed E-state index contributed by atoms with van der Waals surface area (Å²) in [6.45, 7) is 0. The van der Waals surface area contributed by atoms with Crippen molar-refractivity contribution in [1.29, 1.82) is 0 Å². The van der Waals surface area contributed by atoms with Gasteiger partial charge >= 0.3 is 0 Å². The van der Waals surface area contributed by atoms with Gasteiger partial charge in [0.05, 0.1) is 10.6 Å². The van der Waals surface area contributed by atoms with E-state index in [1.807, 2.05) is 0 Å². The van der Waals surface area contributed by atoms with E-state index in [9.17, 15) is 30.8 Å². The molecule has 11 heteroatoms. The van der Waals surface area contributed by atoms with Crippen molar-refractivity contribution in [3.8, 4) is 0 Å². The summed E-state index contributed by atoms with van der Waals surface area (Å²) in [5, 5.41) is 2.55. The number of nitrogens with one attached hydrogen (secondary N) is 2. The molecule has 31 heavy (non-hydrogen) atoms. The highest BCUT2D eigenvalue weighted by molar-refractivity contribution is 8.00. The van der Waals surface area contributed by atoms with Crippen LogP contribution < -0.4 is 10.0 Å². The summed E-state index contributed by atoms with van der Waals surface area (Å²) in [6.07, 6.45) is 0. The van der Waals surface area contributed by atoms with Crippen molar-refractivity contribution in [3.05, 3.63) is 83.9 Å². The molecule has 3 aromatic rings. The fourth-order valence-corrected chi connectivity index (χ4v) is 4.20. The number of benzene rings is 3. The van der Waals surface area contributed by atoms with E-state index in [1.165, 1.54) is 30.3 Å². The molecule has 3 rings (SSSR count). The van der Waals surface area contributed by atoms with Gasteiger partial charge in [-0.3, -0.25) is 9.52 Å². The SMILES string of the molecule is O=C(CSc1ccc(F)cc1F)Nc1ccc(NS(=O)(=O)c2ccc(F)c(F)c2)cc1. The van der Waals surface area contributed by atoms with E-state index in [-0.39, 0.29) is 16.3 Å². The molecule has 0 bridgehead atoms. The van der Waals surface area contributed by atoms with Gasteiger partial charge in [0, 0.05) is 22.3 Å². The molecule has 0 aliphatic heterocycles. The number of thioether (sulfide) groups is 1. The molecule has 1 amide bonds. The Hall–Kier alpha value is -3.05. The first-order valence-electron chi connectivity index (χ1n) is 8.60. The Kier molecular flexibility index (Phi) is 6.86. The lowest BCUT2D eigenvalue weighted by atomic mass is 10.3. The molecule has 162 valence electrons. The second-order valence-corrected chi connectivity index (χ2v) is 8.87. The summed E-state index contributed by atoms with van der Waals surface area (Å²) < 4.78 is 79.5. The lowest BCUT2D eigenvalue weighted by Crippen LogP contribution is -2.15. The predicted octanol–water partition coefficient (Wildman–Crippen LogP) is 4.77. The summed E-state index contributed by atoms with van der Waals surface area (Å²) >= 11 is 0.891. The van der Waals surface area contributed by atoms with E-state index in [4.69, 9.17) is 0 Å². The molecule has 0 heterocycles. The average molecular weight is 470 g/mol. The summed E-state index contributed by atoms with van der Waals surface area (Å²) in [5.41, 5.74) is 0.478. The molecular formula is C20H14F4N2O3S2. The van der Waals surface area contributed by atoms with E-state index < -0.39 is 44.1 Å². The van der Waals surface area contributed by atoms with Crippen molar-refractivity contribution in [2.24, 2.45) is 0 Å². The highest BCUT2D eigenvalue weighted by atomic mass is 32.2. The molecule has 0 radical (unpaired) electrons. The van der Waals surface area contributed by atoms with E-state index in [1.54, 1.807) is 0 Å². The van der Waals surface area contributed by atoms with Crippen LogP contribution in [-0.2, 0) is 14.8 Å². The molecule has 0 saturated carbocycles. The Morgan fingerprint density at radius 1 is 0.806 bits per heavy atom. The molecule has 5 nitrogen and oxygen atoms in total. The maximum absolute atomic E-state index is 13.6. The molecular weight excluding hydrogens is 456 g/mol. The van der Waals surface area contributed by atoms with Crippen LogP contribution in [0.2, 0.25) is 0 Å². The van der Waals surface area contributed by atoms with Gasteiger partial charge in [-0.25, -0.2) is 26.0 Å². The molecule has 0 unspecified atom stereocenters. The zero-order valence-electron chi connectivity index (χ0n) is 15.5. The summed E-state index contributed by atoms with van der Waals surface area (Å²) in [7, 11) is -4.14. The third-order valence-electron chi connectivity index (χ3n) is 3.87. The summed E-state index contributed by atoms with van der Waals surface area (Å²) in [5.74, 6) is -4.53. The van der Waals surface area contributed by atoms with Crippen molar-refractivity contribution >= 4 is 39.1 Å². The zero-order chi connectivity index (χ0) is 22.6. The van der Waals surface area contributed by atoms with Crippen LogP contribution in [0, 0.1) is 23.3 Å². The third-order valence-corrected chi connectivity index (χ3v) is 6.30. The maximum atomic E-state index is 13.6. The van der Waals surface area contributed by atoms with Gasteiger partial charge in [-0.2, -0.15) is 0 Å². The van der Waals surface area contributed by atoms with Crippen LogP contribution in [0.1, 0.15) is 0 Å². The Labute approximate surface area is 179 Å². The van der Waals surface area contributed by atoms with Crippen molar-refractivity contribution in [3.63, 3.8) is 0 Å². The van der Waals surface area contributed by atoms with E-state index >= 15 is 0 Å². The quantitative estimate of drug-likeness (QED) is 0.385. The Morgan fingerprint density at radius 3 is 2.13 bits per heavy atom. The second kappa shape index (κ2) is 9.40. The number of carbonyl (C=O) groups is 1. The van der Waals surface area contributed by atoms with Gasteiger partial charge in [-0.1, -0.05) is 0 Å². The highest BCUT2D eigenvalue weighted by Gasteiger charge is 2.17. The normalized spacial score (nSPS) is 11.2. The van der Waals surface area contributed by atoms with Crippen molar-refractivity contribution < 1.29 is 30.8 Å². The highest BCUT2D eigenvalue weighted by Crippen LogP contribution is 2.23. The predicted molar refractivity (Wildman–Crippen MR) is 109 cm³/mol. The van der Waals surface area contributed by atoms with Gasteiger partial charge in [-0.05, 0) is 54.6 Å². The number of carbonyl (C=O) groups excluding carboxylic acids is 1. The average Bonchev–Trinajstić information content (AvgIpc) is 2.70. The first-order valence-corrected chi connectivity index (χ1v) is 11.1. The van der Waals surface area contributed by atoms with E-state index in [2.05, 4.69) is 10.0 Å². The Bertz CT molecular complexity index is 1220. The fourth-order valence-electron chi connectivity index (χ4n) is 2.41. The third kappa shape index (κ3) is 5.98. The number of rotatable bonds is 7. The van der Waals surface area contributed by atoms with Crippen molar-refractivity contribution in [1.82, 2.24) is 0 Å². The number of hydrogen-bond acceptors (Lipinski definition) is 4. The minimum atomic E-state index is -4.14. The number of anilines is 2. The molecule has 0 aliphatic rings. The molecule has 0 atom stereocenters. The first kappa shape index (κ1) is 22.6. The van der Waals surface area contributed by atoms with Gasteiger partial charge in [0.25, 0.3) is 10.0 Å². The lowest BCUT2D eigenvalue weighted by Gasteiger charge is -2.10. The molecule has 2 N–H and O–H groups in total. The number of sulfonamides is 1. The van der Waals surface area contributed by atoms with Crippen LogP contribution >= 0.6 is 11.8 Å². The van der Waals surface area contributed by atoms with Crippen LogP contribution in [0.5, 0.6) is 0 Å². The topological polar surface area (TPSA) is 75.3 Å². The van der Waals surface area contributed by atoms with E-state index in [0.717, 1.165) is 30.0 Å². The molecule has 0 aliphatic carbocycles. The standard InChI is InChI=1S/C20H14F4N2O3S2/c21-12-1-8-19(18(24)9-12)30-11-20(27)25-13-2-4-14(5-3-13)26-31(28,29)15-6-7-16(22)17(23)10-15/h1-10,26H,11H2,(H,25,27). The zero-order valence-corrected chi connectivity index (χ0v) is 17.2. The van der Waals surface area contributed by atoms with Crippen LogP contribution in [0.3, 0.4) is 0 Å². The monoisotopic (exact) mass is 470 g/mol. The summed E-state index contributed by atoms with van der Waals surface area (Å²) in [4.78, 5) is 11.7. The van der Waals surface area contributed by atoms with Crippen LogP contribution in [-0.4, -0.2) is 20.1 Å². The fraction of sp³-hybridized carbons (Fsp3) is 0.0500. The maximum Gasteiger partial charge on any atom is 0.261 e. The van der Waals surface area contributed by atoms with Crippen LogP contribution in [0.4, 0.5) is 28.9 Å². The Morgan fingerprint density at radius 2 is 1.48 bits per heavy atom. The lowest BCUT2D eigenvalue weighted by molar-refractivity contribution is -0.113. The van der Waals surface area contributed by atoms with E-state index in [0.29, 0.717) is 17.8 Å². The van der Waals surface area contributed by atoms with Gasteiger partial charge in [-0.15, -0.1) is 11.8 Å². The van der Waals surface area contributed by atoms with Gasteiger partial charge in [0.1, 0.15) is 11.6 Å². The van der Waals surface area contributed by atoms with Crippen molar-refractivity contribution in [2.75, 3.05) is 15.8 Å². The van der Waals surface area contributed by atoms with Gasteiger partial charge in [0.2, 0.25) is 5.91 Å². The summed E-state index contributed by atoms with van der Waals surface area (Å²) in [6, 6.07) is 10.8. The van der Waals surface area contributed by atoms with Crippen molar-refractivity contribution in [2.45, 2.75) is 9.79 Å². The smallest absolute Gasteiger partial charge is 0.261 e. The minimum absolute atomic E-state index is 0.124. The molecule has 0 saturated heterocycles. The Balaban J connectivity index is 1.59. The molecule has 0 fully saturated rings. The first-order chi connectivity index (χ1) is 14.6. The molecule has 3 aromatic carbocycles. The second-order valence-electron chi connectivity index (χ2n) is 6.17. The van der Waals surface area contributed by atoms with Crippen LogP contribution in [0.25, 0.3) is 0 Å². The number of amides is 1. The molecule has 0 spiro atoms. The molecule has 0 aromatic heterocycles. The van der Waals surface area contributed by atoms with Gasteiger partial charge < -0.3 is 5.32 Å². The van der Waals surface area contributed by atoms with Crippen LogP contribution in [0.15, 0.2) is 70.5 Å².